The Balaban J connectivity index is 1.67. The van der Waals surface area contributed by atoms with Crippen LogP contribution in [0.2, 0.25) is 0 Å². The molecule has 0 aliphatic heterocycles. The molecule has 1 aromatic heterocycles. The average Bonchev–Trinajstić information content (AvgIpc) is 2.64. The Morgan fingerprint density at radius 3 is 2.17 bits per heavy atom. The van der Waals surface area contributed by atoms with E-state index in [4.69, 9.17) is 0 Å². The van der Waals surface area contributed by atoms with E-state index in [1.54, 1.807) is 5.43 Å². The summed E-state index contributed by atoms with van der Waals surface area (Å²) < 4.78 is 63.1. The van der Waals surface area contributed by atoms with Crippen molar-refractivity contribution in [3.8, 4) is 0 Å². The summed E-state index contributed by atoms with van der Waals surface area (Å²) >= 11 is 0. The Bertz CT molecular complexity index is 929. The van der Waals surface area contributed by atoms with E-state index in [-0.39, 0.29) is 11.5 Å². The average molecular weight is 415 g/mol. The van der Waals surface area contributed by atoms with Crippen molar-refractivity contribution in [2.24, 2.45) is 0 Å². The molecule has 0 unspecified atom stereocenters. The van der Waals surface area contributed by atoms with Crippen LogP contribution in [-0.2, 0) is 10.3 Å². The minimum absolute atomic E-state index is 0.0883. The van der Waals surface area contributed by atoms with Crippen molar-refractivity contribution in [2.45, 2.75) is 31.0 Å². The molecular formula is C17H14F5N5O2. The second-order valence-electron chi connectivity index (χ2n) is 6.39. The number of alkyl halides is 3. The number of rotatable bonds is 4. The molecule has 1 aromatic carbocycles. The van der Waals surface area contributed by atoms with E-state index >= 15 is 0 Å². The van der Waals surface area contributed by atoms with Crippen molar-refractivity contribution >= 4 is 17.8 Å². The lowest BCUT2D eigenvalue weighted by atomic mass is 9.72. The highest BCUT2D eigenvalue weighted by molar-refractivity contribution is 5.95. The van der Waals surface area contributed by atoms with Gasteiger partial charge in [-0.25, -0.2) is 18.7 Å². The first-order chi connectivity index (χ1) is 13.6. The predicted molar refractivity (Wildman–Crippen MR) is 89.2 cm³/mol. The first kappa shape index (κ1) is 20.4. The van der Waals surface area contributed by atoms with Gasteiger partial charge in [0.1, 0.15) is 0 Å². The maximum atomic E-state index is 13.6. The minimum Gasteiger partial charge on any atom is -0.345 e. The van der Waals surface area contributed by atoms with Gasteiger partial charge in [0.2, 0.25) is 5.95 Å². The van der Waals surface area contributed by atoms with Crippen LogP contribution in [0.25, 0.3) is 0 Å². The first-order valence-corrected chi connectivity index (χ1v) is 8.34. The zero-order valence-corrected chi connectivity index (χ0v) is 14.6. The van der Waals surface area contributed by atoms with Gasteiger partial charge < -0.3 is 5.32 Å². The van der Waals surface area contributed by atoms with Crippen LogP contribution in [-0.4, -0.2) is 28.0 Å². The van der Waals surface area contributed by atoms with E-state index in [1.807, 2.05) is 0 Å². The van der Waals surface area contributed by atoms with E-state index in [0.717, 1.165) is 30.9 Å². The largest absolute Gasteiger partial charge is 0.472 e. The monoisotopic (exact) mass is 415 g/mol. The summed E-state index contributed by atoms with van der Waals surface area (Å²) in [6, 6.07) is 3.57. The fraction of sp³-hybridized carbons (Fsp3) is 0.294. The lowest BCUT2D eigenvalue weighted by Gasteiger charge is -2.43. The lowest BCUT2D eigenvalue weighted by Crippen LogP contribution is -2.47. The molecule has 0 radical (unpaired) electrons. The van der Waals surface area contributed by atoms with E-state index in [0.29, 0.717) is 18.4 Å². The highest BCUT2D eigenvalue weighted by Gasteiger charge is 2.40. The van der Waals surface area contributed by atoms with Gasteiger partial charge in [-0.05, 0) is 37.0 Å². The van der Waals surface area contributed by atoms with Crippen molar-refractivity contribution < 1.29 is 31.5 Å². The van der Waals surface area contributed by atoms with E-state index in [2.05, 4.69) is 15.3 Å². The normalized spacial score (nSPS) is 15.2. The summed E-state index contributed by atoms with van der Waals surface area (Å²) in [5, 5.41) is 3.03. The number of hydrogen-bond acceptors (Lipinski definition) is 5. The predicted octanol–water partition coefficient (Wildman–Crippen LogP) is 2.57. The molecule has 1 heterocycles. The molecule has 1 aliphatic carbocycles. The molecule has 3 rings (SSSR count). The number of carbonyl (C=O) groups excluding carboxylic acids is 2. The number of carbonyl (C=O) groups is 2. The van der Waals surface area contributed by atoms with Crippen molar-refractivity contribution in [3.05, 3.63) is 53.4 Å². The van der Waals surface area contributed by atoms with Crippen LogP contribution in [0.1, 0.15) is 35.2 Å². The Kier molecular flexibility index (Phi) is 5.36. The van der Waals surface area contributed by atoms with Crippen LogP contribution in [0, 0.1) is 11.6 Å². The Hall–Kier alpha value is -3.31. The van der Waals surface area contributed by atoms with Crippen molar-refractivity contribution in [1.82, 2.24) is 20.8 Å². The molecule has 1 aliphatic rings. The number of hydrogen-bond donors (Lipinski definition) is 3. The third-order valence-electron chi connectivity index (χ3n) is 4.49. The van der Waals surface area contributed by atoms with Gasteiger partial charge in [0, 0.05) is 12.4 Å². The third-order valence-corrected chi connectivity index (χ3v) is 4.49. The van der Waals surface area contributed by atoms with Crippen molar-refractivity contribution in [1.29, 1.82) is 0 Å². The number of anilines is 1. The number of halogens is 5. The number of hydrazine groups is 1. The Morgan fingerprint density at radius 1 is 1.00 bits per heavy atom. The number of nitrogens with one attached hydrogen (secondary N) is 3. The molecule has 2 amide bonds. The van der Waals surface area contributed by atoms with Crippen LogP contribution in [0.4, 0.5) is 27.9 Å². The van der Waals surface area contributed by atoms with Crippen LogP contribution in [0.15, 0.2) is 30.6 Å². The van der Waals surface area contributed by atoms with Crippen molar-refractivity contribution in [2.75, 3.05) is 5.32 Å². The van der Waals surface area contributed by atoms with Crippen LogP contribution < -0.4 is 16.2 Å². The summed E-state index contributed by atoms with van der Waals surface area (Å²) in [6.07, 6.45) is -0.982. The molecule has 12 heteroatoms. The topological polar surface area (TPSA) is 96.0 Å². The summed E-state index contributed by atoms with van der Waals surface area (Å²) in [7, 11) is 0. The van der Waals surface area contributed by atoms with Crippen LogP contribution in [0.3, 0.4) is 0 Å². The molecule has 1 fully saturated rings. The lowest BCUT2D eigenvalue weighted by molar-refractivity contribution is -0.174. The minimum atomic E-state index is -5.14. The number of nitrogens with zero attached hydrogens (tertiary/aromatic N) is 2. The molecule has 29 heavy (non-hydrogen) atoms. The summed E-state index contributed by atoms with van der Waals surface area (Å²) in [6.45, 7) is 0. The maximum absolute atomic E-state index is 13.6. The zero-order valence-electron chi connectivity index (χ0n) is 14.6. The maximum Gasteiger partial charge on any atom is 0.472 e. The third kappa shape index (κ3) is 4.41. The molecule has 0 bridgehead atoms. The molecule has 154 valence electrons. The molecule has 7 nitrogen and oxygen atoms in total. The number of amides is 2. The second-order valence-corrected chi connectivity index (χ2v) is 6.39. The van der Waals surface area contributed by atoms with Gasteiger partial charge in [-0.15, -0.1) is 0 Å². The van der Waals surface area contributed by atoms with Gasteiger partial charge in [0.25, 0.3) is 5.91 Å². The van der Waals surface area contributed by atoms with Gasteiger partial charge in [0.05, 0.1) is 11.1 Å². The highest BCUT2D eigenvalue weighted by atomic mass is 19.4. The molecule has 0 saturated heterocycles. The summed E-state index contributed by atoms with van der Waals surface area (Å²) in [5.74, 6) is -5.24. The van der Waals surface area contributed by atoms with E-state index < -0.39 is 35.2 Å². The fourth-order valence-corrected chi connectivity index (χ4v) is 2.79. The van der Waals surface area contributed by atoms with Crippen LogP contribution >= 0.6 is 0 Å². The number of aromatic nitrogens is 2. The molecule has 1 saturated carbocycles. The van der Waals surface area contributed by atoms with Crippen molar-refractivity contribution in [3.63, 3.8) is 0 Å². The van der Waals surface area contributed by atoms with E-state index in [9.17, 15) is 31.5 Å². The van der Waals surface area contributed by atoms with Gasteiger partial charge in [0.15, 0.2) is 11.6 Å². The quantitative estimate of drug-likeness (QED) is 0.527. The molecule has 3 N–H and O–H groups in total. The Morgan fingerprint density at radius 2 is 1.66 bits per heavy atom. The van der Waals surface area contributed by atoms with Gasteiger partial charge >= 0.3 is 12.1 Å². The fourth-order valence-electron chi connectivity index (χ4n) is 2.79. The smallest absolute Gasteiger partial charge is 0.345 e. The molecule has 0 atom stereocenters. The summed E-state index contributed by atoms with van der Waals surface area (Å²) in [5.41, 5.74) is 2.44. The highest BCUT2D eigenvalue weighted by Crippen LogP contribution is 2.43. The standard InChI is InChI=1S/C17H14F5N5O2/c18-11-3-2-10(6-12(11)19)16(4-1-5-16)25-15-23-7-9(8-24-15)13(28)26-27-14(29)17(20,21)22/h2-3,6-8H,1,4-5H2,(H,26,28)(H,27,29)(H,23,24,25). The van der Waals surface area contributed by atoms with Gasteiger partial charge in [-0.2, -0.15) is 13.2 Å². The zero-order chi connectivity index (χ0) is 21.2. The second kappa shape index (κ2) is 7.60. The first-order valence-electron chi connectivity index (χ1n) is 8.34. The molecular weight excluding hydrogens is 401 g/mol. The van der Waals surface area contributed by atoms with E-state index in [1.165, 1.54) is 11.5 Å². The molecule has 0 spiro atoms. The molecule has 2 aromatic rings. The Labute approximate surface area is 160 Å². The van der Waals surface area contributed by atoms with Gasteiger partial charge in [-0.3, -0.25) is 20.4 Å². The SMILES string of the molecule is O=C(NNC(=O)C(F)(F)F)c1cnc(NC2(c3ccc(F)c(F)c3)CCC2)nc1. The van der Waals surface area contributed by atoms with Gasteiger partial charge in [-0.1, -0.05) is 6.07 Å². The summed E-state index contributed by atoms with van der Waals surface area (Å²) in [4.78, 5) is 30.3. The number of benzene rings is 1. The van der Waals surface area contributed by atoms with Crippen LogP contribution in [0.5, 0.6) is 0 Å².